The Labute approximate surface area is 76.1 Å². The molecule has 0 bridgehead atoms. The van der Waals surface area contributed by atoms with Crippen LogP contribution in [0.2, 0.25) is 0 Å². The fourth-order valence-corrected chi connectivity index (χ4v) is 1.80. The van der Waals surface area contributed by atoms with Gasteiger partial charge in [0.25, 0.3) is 0 Å². The zero-order valence-corrected chi connectivity index (χ0v) is 8.10. The first-order chi connectivity index (χ1) is 5.89. The van der Waals surface area contributed by atoms with Crippen LogP contribution in [0.15, 0.2) is 0 Å². The average molecular weight is 170 g/mol. The minimum absolute atomic E-state index is 1.10. The van der Waals surface area contributed by atoms with Crippen molar-refractivity contribution in [2.45, 2.75) is 51.4 Å². The normalized spacial score (nSPS) is 24.8. The summed E-state index contributed by atoms with van der Waals surface area (Å²) in [4.78, 5) is 0. The van der Waals surface area contributed by atoms with Crippen molar-refractivity contribution in [3.8, 4) is 0 Å². The van der Waals surface area contributed by atoms with Crippen molar-refractivity contribution >= 4 is 0 Å². The molecule has 0 spiro atoms. The lowest BCUT2D eigenvalue weighted by Gasteiger charge is -2.14. The Morgan fingerprint density at radius 1 is 0.583 bits per heavy atom. The molecule has 1 saturated heterocycles. The van der Waals surface area contributed by atoms with Gasteiger partial charge in [0, 0.05) is 13.1 Å². The van der Waals surface area contributed by atoms with Gasteiger partial charge in [-0.25, -0.2) is 5.01 Å². The lowest BCUT2D eigenvalue weighted by molar-refractivity contribution is 0.272. The van der Waals surface area contributed by atoms with Gasteiger partial charge in [0.1, 0.15) is 0 Å². The summed E-state index contributed by atoms with van der Waals surface area (Å²) in [6, 6.07) is 0. The lowest BCUT2D eigenvalue weighted by atomic mass is 10.1. The lowest BCUT2D eigenvalue weighted by Crippen LogP contribution is -2.32. The first kappa shape index (κ1) is 10.0. The van der Waals surface area contributed by atoms with E-state index in [1.165, 1.54) is 51.4 Å². The molecule has 1 aliphatic rings. The Morgan fingerprint density at radius 3 is 1.33 bits per heavy atom. The molecule has 1 aliphatic heterocycles. The third kappa shape index (κ3) is 4.73. The molecule has 0 atom stereocenters. The molecule has 1 rings (SSSR count). The van der Waals surface area contributed by atoms with Gasteiger partial charge in [-0.15, -0.1) is 0 Å². The first-order valence-corrected chi connectivity index (χ1v) is 5.39. The van der Waals surface area contributed by atoms with Gasteiger partial charge in [0.2, 0.25) is 0 Å². The number of hydrogen-bond acceptors (Lipinski definition) is 2. The maximum absolute atomic E-state index is 5.81. The van der Waals surface area contributed by atoms with E-state index in [9.17, 15) is 0 Å². The van der Waals surface area contributed by atoms with Crippen LogP contribution < -0.4 is 5.84 Å². The highest BCUT2D eigenvalue weighted by Crippen LogP contribution is 2.10. The maximum Gasteiger partial charge on any atom is 0.0128 e. The van der Waals surface area contributed by atoms with Crippen molar-refractivity contribution in [3.63, 3.8) is 0 Å². The van der Waals surface area contributed by atoms with Crippen LogP contribution in [0.5, 0.6) is 0 Å². The van der Waals surface area contributed by atoms with E-state index in [1.807, 2.05) is 5.01 Å². The minimum Gasteiger partial charge on any atom is -0.269 e. The van der Waals surface area contributed by atoms with Crippen LogP contribution in [0.4, 0.5) is 0 Å². The summed E-state index contributed by atoms with van der Waals surface area (Å²) < 4.78 is 0. The third-order valence-corrected chi connectivity index (χ3v) is 2.64. The van der Waals surface area contributed by atoms with Crippen LogP contribution in [0.25, 0.3) is 0 Å². The summed E-state index contributed by atoms with van der Waals surface area (Å²) in [5.74, 6) is 5.81. The second-order valence-electron chi connectivity index (χ2n) is 3.86. The van der Waals surface area contributed by atoms with Gasteiger partial charge in [-0.3, -0.25) is 5.84 Å². The SMILES string of the molecule is NN1CCCCCCCCCC1. The first-order valence-electron chi connectivity index (χ1n) is 5.39. The van der Waals surface area contributed by atoms with Crippen LogP contribution in [-0.4, -0.2) is 18.1 Å². The molecule has 1 heterocycles. The second kappa shape index (κ2) is 6.44. The fraction of sp³-hybridized carbons (Fsp3) is 1.00. The van der Waals surface area contributed by atoms with Crippen molar-refractivity contribution in [1.29, 1.82) is 0 Å². The van der Waals surface area contributed by atoms with E-state index in [-0.39, 0.29) is 0 Å². The van der Waals surface area contributed by atoms with Crippen molar-refractivity contribution in [3.05, 3.63) is 0 Å². The molecule has 2 heteroatoms. The van der Waals surface area contributed by atoms with Crippen molar-refractivity contribution in [2.75, 3.05) is 13.1 Å². The average Bonchev–Trinajstić information content (AvgIpc) is 2.11. The minimum atomic E-state index is 1.10. The van der Waals surface area contributed by atoms with E-state index < -0.39 is 0 Å². The highest BCUT2D eigenvalue weighted by molar-refractivity contribution is 4.54. The third-order valence-electron chi connectivity index (χ3n) is 2.64. The predicted octanol–water partition coefficient (Wildman–Crippen LogP) is 2.30. The number of hydrogen-bond donors (Lipinski definition) is 1. The molecule has 0 saturated carbocycles. The van der Waals surface area contributed by atoms with Crippen LogP contribution in [0.1, 0.15) is 51.4 Å². The Balaban J connectivity index is 2.13. The highest BCUT2D eigenvalue weighted by atomic mass is 15.4. The summed E-state index contributed by atoms with van der Waals surface area (Å²) in [6.07, 6.45) is 11.0. The van der Waals surface area contributed by atoms with Gasteiger partial charge in [-0.2, -0.15) is 0 Å². The molecular formula is C10H22N2. The number of nitrogens with zero attached hydrogens (tertiary/aromatic N) is 1. The fourth-order valence-electron chi connectivity index (χ4n) is 1.80. The van der Waals surface area contributed by atoms with Crippen molar-refractivity contribution < 1.29 is 0 Å². The molecule has 0 unspecified atom stereocenters. The van der Waals surface area contributed by atoms with Gasteiger partial charge >= 0.3 is 0 Å². The molecule has 2 N–H and O–H groups in total. The molecule has 0 aromatic carbocycles. The Kier molecular flexibility index (Phi) is 5.37. The largest absolute Gasteiger partial charge is 0.269 e. The molecule has 72 valence electrons. The van der Waals surface area contributed by atoms with Gasteiger partial charge in [0.15, 0.2) is 0 Å². The van der Waals surface area contributed by atoms with E-state index in [4.69, 9.17) is 5.84 Å². The topological polar surface area (TPSA) is 29.3 Å². The number of rotatable bonds is 0. The molecule has 0 aliphatic carbocycles. The molecule has 2 nitrogen and oxygen atoms in total. The van der Waals surface area contributed by atoms with Gasteiger partial charge < -0.3 is 0 Å². The highest BCUT2D eigenvalue weighted by Gasteiger charge is 2.00. The quantitative estimate of drug-likeness (QED) is 0.565. The van der Waals surface area contributed by atoms with E-state index in [1.54, 1.807) is 0 Å². The van der Waals surface area contributed by atoms with E-state index >= 15 is 0 Å². The van der Waals surface area contributed by atoms with Crippen molar-refractivity contribution in [2.24, 2.45) is 5.84 Å². The van der Waals surface area contributed by atoms with E-state index in [0.717, 1.165) is 13.1 Å². The number of hydrazine groups is 1. The van der Waals surface area contributed by atoms with E-state index in [2.05, 4.69) is 0 Å². The smallest absolute Gasteiger partial charge is 0.0128 e. The molecule has 0 amide bonds. The van der Waals surface area contributed by atoms with Crippen LogP contribution in [-0.2, 0) is 0 Å². The second-order valence-corrected chi connectivity index (χ2v) is 3.86. The summed E-state index contributed by atoms with van der Waals surface area (Å²) in [5.41, 5.74) is 0. The van der Waals surface area contributed by atoms with Crippen LogP contribution in [0.3, 0.4) is 0 Å². The molecule has 0 radical (unpaired) electrons. The Hall–Kier alpha value is -0.0800. The zero-order chi connectivity index (χ0) is 8.65. The summed E-state index contributed by atoms with van der Waals surface area (Å²) in [6.45, 7) is 2.19. The standard InChI is InChI=1S/C10H22N2/c11-12-9-7-5-3-1-2-4-6-8-10-12/h1-11H2. The molecule has 1 fully saturated rings. The van der Waals surface area contributed by atoms with Crippen LogP contribution >= 0.6 is 0 Å². The monoisotopic (exact) mass is 170 g/mol. The molecule has 0 aromatic rings. The van der Waals surface area contributed by atoms with Crippen LogP contribution in [0, 0.1) is 0 Å². The molecular weight excluding hydrogens is 148 g/mol. The predicted molar refractivity (Wildman–Crippen MR) is 52.7 cm³/mol. The Morgan fingerprint density at radius 2 is 0.917 bits per heavy atom. The summed E-state index contributed by atoms with van der Waals surface area (Å²) in [7, 11) is 0. The number of nitrogens with two attached hydrogens (primary N) is 1. The molecule has 0 aromatic heterocycles. The summed E-state index contributed by atoms with van der Waals surface area (Å²) in [5, 5.41) is 1.99. The van der Waals surface area contributed by atoms with Gasteiger partial charge in [-0.1, -0.05) is 38.5 Å². The molecule has 12 heavy (non-hydrogen) atoms. The van der Waals surface area contributed by atoms with Crippen molar-refractivity contribution in [1.82, 2.24) is 5.01 Å². The maximum atomic E-state index is 5.81. The zero-order valence-electron chi connectivity index (χ0n) is 8.10. The van der Waals surface area contributed by atoms with E-state index in [0.29, 0.717) is 0 Å². The van der Waals surface area contributed by atoms with Gasteiger partial charge in [-0.05, 0) is 12.8 Å². The summed E-state index contributed by atoms with van der Waals surface area (Å²) >= 11 is 0. The Bertz CT molecular complexity index is 92.0. The van der Waals surface area contributed by atoms with Gasteiger partial charge in [0.05, 0.1) is 0 Å².